The number of anilines is 1. The van der Waals surface area contributed by atoms with E-state index in [2.05, 4.69) is 16.4 Å². The van der Waals surface area contributed by atoms with Crippen LogP contribution in [0, 0.1) is 22.7 Å². The highest BCUT2D eigenvalue weighted by Crippen LogP contribution is 2.25. The number of carbonyl (C=O) groups excluding carboxylic acids is 1. The number of pyridine rings is 1. The average Bonchev–Trinajstić information content (AvgIpc) is 2.77. The molecule has 0 unspecified atom stereocenters. The topological polar surface area (TPSA) is 96.0 Å². The predicted molar refractivity (Wildman–Crippen MR) is 106 cm³/mol. The second kappa shape index (κ2) is 9.13. The van der Waals surface area contributed by atoms with E-state index >= 15 is 0 Å². The Labute approximate surface area is 169 Å². The van der Waals surface area contributed by atoms with Gasteiger partial charge >= 0.3 is 0 Å². The highest BCUT2D eigenvalue weighted by atomic mass is 19.1. The van der Waals surface area contributed by atoms with Crippen LogP contribution in [0.2, 0.25) is 0 Å². The Morgan fingerprint density at radius 2 is 2.03 bits per heavy atom. The maximum absolute atomic E-state index is 13.6. The first-order valence-corrected chi connectivity index (χ1v) is 9.24. The molecule has 0 spiro atoms. The molecule has 1 aromatic heterocycles. The lowest BCUT2D eigenvalue weighted by Crippen LogP contribution is -2.53. The van der Waals surface area contributed by atoms with Crippen LogP contribution in [0.25, 0.3) is 0 Å². The Balaban J connectivity index is 1.77. The number of amides is 1. The van der Waals surface area contributed by atoms with E-state index < -0.39 is 6.67 Å². The van der Waals surface area contributed by atoms with Crippen molar-refractivity contribution in [3.05, 3.63) is 58.9 Å². The fourth-order valence-electron chi connectivity index (χ4n) is 3.32. The molecule has 29 heavy (non-hydrogen) atoms. The summed E-state index contributed by atoms with van der Waals surface area (Å²) in [5.74, 6) is -0.383. The smallest absolute Gasteiger partial charge is 0.270 e. The standard InChI is InChI=1S/C21H21FN6O/c1-27-6-7-28(18(9-22)14-27)20-8-19(25-13-17(20)11-24)21(29)26-12-16-4-2-15(10-23)3-5-16/h2-5,8,13,18H,6-7,9,12,14H2,1H3,(H,26,29)/t18-/m1/s1. The van der Waals surface area contributed by atoms with Crippen molar-refractivity contribution in [2.75, 3.05) is 38.3 Å². The summed E-state index contributed by atoms with van der Waals surface area (Å²) in [6.07, 6.45) is 1.36. The summed E-state index contributed by atoms with van der Waals surface area (Å²) in [7, 11) is 1.93. The zero-order chi connectivity index (χ0) is 20.8. The summed E-state index contributed by atoms with van der Waals surface area (Å²) >= 11 is 0. The molecule has 2 aromatic rings. The first-order chi connectivity index (χ1) is 14.0. The maximum Gasteiger partial charge on any atom is 0.270 e. The summed E-state index contributed by atoms with van der Waals surface area (Å²) in [5, 5.41) is 21.1. The number of halogens is 1. The lowest BCUT2D eigenvalue weighted by atomic mass is 10.1. The number of likely N-dealkylation sites (N-methyl/N-ethyl adjacent to an activating group) is 1. The van der Waals surface area contributed by atoms with Gasteiger partial charge in [0.25, 0.3) is 5.91 Å². The number of aromatic nitrogens is 1. The minimum Gasteiger partial charge on any atom is -0.362 e. The van der Waals surface area contributed by atoms with Gasteiger partial charge < -0.3 is 15.1 Å². The molecule has 2 heterocycles. The third-order valence-corrected chi connectivity index (χ3v) is 4.94. The summed E-state index contributed by atoms with van der Waals surface area (Å²) in [6, 6.07) is 12.2. The van der Waals surface area contributed by atoms with Gasteiger partial charge in [-0.1, -0.05) is 12.1 Å². The molecular weight excluding hydrogens is 371 g/mol. The molecule has 1 N–H and O–H groups in total. The highest BCUT2D eigenvalue weighted by molar-refractivity contribution is 5.93. The summed E-state index contributed by atoms with van der Waals surface area (Å²) in [6.45, 7) is 1.59. The van der Waals surface area contributed by atoms with Crippen molar-refractivity contribution in [3.63, 3.8) is 0 Å². The number of hydrogen-bond donors (Lipinski definition) is 1. The molecule has 8 heteroatoms. The van der Waals surface area contributed by atoms with E-state index in [1.807, 2.05) is 22.9 Å². The molecule has 0 saturated carbocycles. The zero-order valence-corrected chi connectivity index (χ0v) is 16.1. The number of hydrogen-bond acceptors (Lipinski definition) is 6. The lowest BCUT2D eigenvalue weighted by Gasteiger charge is -2.40. The molecule has 0 aliphatic carbocycles. The number of rotatable bonds is 5. The number of alkyl halides is 1. The van der Waals surface area contributed by atoms with Crippen LogP contribution in [0.5, 0.6) is 0 Å². The molecule has 1 atom stereocenters. The van der Waals surface area contributed by atoms with Crippen molar-refractivity contribution in [2.24, 2.45) is 0 Å². The van der Waals surface area contributed by atoms with Gasteiger partial charge in [0.2, 0.25) is 0 Å². The molecule has 1 aliphatic rings. The van der Waals surface area contributed by atoms with E-state index in [0.717, 1.165) is 12.1 Å². The molecule has 1 amide bonds. The van der Waals surface area contributed by atoms with Gasteiger partial charge in [-0.2, -0.15) is 10.5 Å². The zero-order valence-electron chi connectivity index (χ0n) is 16.1. The Hall–Kier alpha value is -3.49. The number of benzene rings is 1. The fraction of sp³-hybridized carbons (Fsp3) is 0.333. The summed E-state index contributed by atoms with van der Waals surface area (Å²) < 4.78 is 13.6. The fourth-order valence-corrected chi connectivity index (χ4v) is 3.32. The number of nitriles is 2. The van der Waals surface area contributed by atoms with Crippen LogP contribution in [0.3, 0.4) is 0 Å². The van der Waals surface area contributed by atoms with Gasteiger partial charge in [-0.25, -0.2) is 9.37 Å². The molecular formula is C21H21FN6O. The largest absolute Gasteiger partial charge is 0.362 e. The quantitative estimate of drug-likeness (QED) is 0.834. The van der Waals surface area contributed by atoms with Crippen molar-refractivity contribution < 1.29 is 9.18 Å². The predicted octanol–water partition coefficient (Wildman–Crippen LogP) is 1.84. The highest BCUT2D eigenvalue weighted by Gasteiger charge is 2.28. The van der Waals surface area contributed by atoms with Crippen molar-refractivity contribution in [1.82, 2.24) is 15.2 Å². The van der Waals surface area contributed by atoms with Gasteiger partial charge in [0.1, 0.15) is 18.4 Å². The summed E-state index contributed by atoms with van der Waals surface area (Å²) in [5.41, 5.74) is 2.42. The molecule has 148 valence electrons. The minimum absolute atomic E-state index is 0.171. The van der Waals surface area contributed by atoms with E-state index in [9.17, 15) is 14.4 Å². The number of carbonyl (C=O) groups is 1. The molecule has 0 radical (unpaired) electrons. The number of piperazine rings is 1. The van der Waals surface area contributed by atoms with Crippen LogP contribution >= 0.6 is 0 Å². The molecule has 1 saturated heterocycles. The monoisotopic (exact) mass is 392 g/mol. The Bertz CT molecular complexity index is 963. The second-order valence-electron chi connectivity index (χ2n) is 6.95. The molecule has 0 bridgehead atoms. The Morgan fingerprint density at radius 3 is 2.69 bits per heavy atom. The third kappa shape index (κ3) is 4.68. The van der Waals surface area contributed by atoms with E-state index in [0.29, 0.717) is 29.9 Å². The van der Waals surface area contributed by atoms with E-state index in [1.54, 1.807) is 30.3 Å². The summed E-state index contributed by atoms with van der Waals surface area (Å²) in [4.78, 5) is 20.6. The number of nitrogens with one attached hydrogen (secondary N) is 1. The first kappa shape index (κ1) is 20.2. The van der Waals surface area contributed by atoms with Crippen LogP contribution in [0.1, 0.15) is 27.2 Å². The molecule has 3 rings (SSSR count). The normalized spacial score (nSPS) is 16.7. The minimum atomic E-state index is -0.544. The molecule has 1 fully saturated rings. The van der Waals surface area contributed by atoms with Crippen LogP contribution < -0.4 is 10.2 Å². The molecule has 1 aromatic carbocycles. The first-order valence-electron chi connectivity index (χ1n) is 9.24. The van der Waals surface area contributed by atoms with Gasteiger partial charge in [-0.15, -0.1) is 0 Å². The van der Waals surface area contributed by atoms with Crippen LogP contribution in [-0.4, -0.2) is 55.2 Å². The SMILES string of the molecule is CN1CCN(c2cc(C(=O)NCc3ccc(C#N)cc3)ncc2C#N)[C@H](CF)C1. The molecule has 7 nitrogen and oxygen atoms in total. The second-order valence-corrected chi connectivity index (χ2v) is 6.95. The van der Waals surface area contributed by atoms with Gasteiger partial charge in [0, 0.05) is 32.4 Å². The average molecular weight is 392 g/mol. The van der Waals surface area contributed by atoms with Crippen molar-refractivity contribution in [1.29, 1.82) is 10.5 Å². The van der Waals surface area contributed by atoms with Crippen molar-refractivity contribution in [2.45, 2.75) is 12.6 Å². The van der Waals surface area contributed by atoms with E-state index in [1.165, 1.54) is 6.20 Å². The molecule has 1 aliphatic heterocycles. The van der Waals surface area contributed by atoms with Crippen molar-refractivity contribution >= 4 is 11.6 Å². The van der Waals surface area contributed by atoms with Crippen LogP contribution in [0.4, 0.5) is 10.1 Å². The van der Waals surface area contributed by atoms with Gasteiger partial charge in [0.05, 0.1) is 28.9 Å². The van der Waals surface area contributed by atoms with Crippen LogP contribution in [0.15, 0.2) is 36.5 Å². The lowest BCUT2D eigenvalue weighted by molar-refractivity contribution is 0.0946. The van der Waals surface area contributed by atoms with Crippen LogP contribution in [-0.2, 0) is 6.54 Å². The van der Waals surface area contributed by atoms with E-state index in [4.69, 9.17) is 5.26 Å². The van der Waals surface area contributed by atoms with Gasteiger partial charge in [0.15, 0.2) is 0 Å². The third-order valence-electron chi connectivity index (χ3n) is 4.94. The maximum atomic E-state index is 13.6. The number of nitrogens with zero attached hydrogens (tertiary/aromatic N) is 5. The van der Waals surface area contributed by atoms with Gasteiger partial charge in [-0.05, 0) is 30.8 Å². The Morgan fingerprint density at radius 1 is 1.28 bits per heavy atom. The van der Waals surface area contributed by atoms with Crippen molar-refractivity contribution in [3.8, 4) is 12.1 Å². The van der Waals surface area contributed by atoms with E-state index in [-0.39, 0.29) is 24.2 Å². The Kier molecular flexibility index (Phi) is 6.38. The van der Waals surface area contributed by atoms with Gasteiger partial charge in [-0.3, -0.25) is 4.79 Å².